The van der Waals surface area contributed by atoms with Crippen LogP contribution in [-0.4, -0.2) is 10.1 Å². The van der Waals surface area contributed by atoms with Crippen LogP contribution in [0.15, 0.2) is 47.0 Å². The van der Waals surface area contributed by atoms with E-state index in [9.17, 15) is 8.78 Å². The van der Waals surface area contributed by atoms with E-state index in [2.05, 4.69) is 10.1 Å². The Labute approximate surface area is 112 Å². The van der Waals surface area contributed by atoms with Crippen molar-refractivity contribution in [3.05, 3.63) is 54.1 Å². The Morgan fingerprint density at radius 2 is 1.70 bits per heavy atom. The first-order valence-corrected chi connectivity index (χ1v) is 5.79. The zero-order chi connectivity index (χ0) is 14.1. The Kier molecular flexibility index (Phi) is 2.90. The number of aromatic nitrogens is 2. The number of halogens is 2. The van der Waals surface area contributed by atoms with Crippen molar-refractivity contribution in [1.82, 2.24) is 10.1 Å². The minimum absolute atomic E-state index is 0.141. The average molecular weight is 273 g/mol. The third-order valence-corrected chi connectivity index (χ3v) is 2.75. The number of nitrogen functional groups attached to an aromatic ring is 1. The highest BCUT2D eigenvalue weighted by molar-refractivity contribution is 5.63. The van der Waals surface area contributed by atoms with E-state index in [1.54, 1.807) is 24.3 Å². The van der Waals surface area contributed by atoms with Gasteiger partial charge in [0.2, 0.25) is 5.82 Å². The predicted octanol–water partition coefficient (Wildman–Crippen LogP) is 3.26. The minimum Gasteiger partial charge on any atom is -0.399 e. The Morgan fingerprint density at radius 1 is 1.00 bits per heavy atom. The normalized spacial score (nSPS) is 10.7. The van der Waals surface area contributed by atoms with Crippen LogP contribution in [0.5, 0.6) is 0 Å². The van der Waals surface area contributed by atoms with Gasteiger partial charge in [-0.25, -0.2) is 8.78 Å². The molecule has 0 atom stereocenters. The van der Waals surface area contributed by atoms with Gasteiger partial charge in [0.1, 0.15) is 11.6 Å². The van der Waals surface area contributed by atoms with Crippen molar-refractivity contribution in [3.63, 3.8) is 0 Å². The summed E-state index contributed by atoms with van der Waals surface area (Å²) in [4.78, 5) is 4.00. The lowest BCUT2D eigenvalue weighted by molar-refractivity contribution is 0.431. The second kappa shape index (κ2) is 4.73. The second-order valence-electron chi connectivity index (χ2n) is 4.15. The molecule has 0 saturated carbocycles. The second-order valence-corrected chi connectivity index (χ2v) is 4.15. The first-order valence-electron chi connectivity index (χ1n) is 5.79. The third-order valence-electron chi connectivity index (χ3n) is 2.75. The molecule has 0 aliphatic heterocycles. The molecular formula is C14H9F2N3O. The number of rotatable bonds is 2. The summed E-state index contributed by atoms with van der Waals surface area (Å²) in [6.07, 6.45) is 0. The van der Waals surface area contributed by atoms with Crippen molar-refractivity contribution in [2.45, 2.75) is 0 Å². The van der Waals surface area contributed by atoms with Gasteiger partial charge in [-0.2, -0.15) is 4.98 Å². The van der Waals surface area contributed by atoms with E-state index < -0.39 is 11.6 Å². The lowest BCUT2D eigenvalue weighted by atomic mass is 10.2. The molecule has 0 saturated heterocycles. The number of hydrogen-bond acceptors (Lipinski definition) is 4. The smallest absolute Gasteiger partial charge is 0.258 e. The van der Waals surface area contributed by atoms with Crippen molar-refractivity contribution in [2.24, 2.45) is 0 Å². The van der Waals surface area contributed by atoms with Crippen molar-refractivity contribution in [1.29, 1.82) is 0 Å². The summed E-state index contributed by atoms with van der Waals surface area (Å²) in [6, 6.07) is 10.3. The van der Waals surface area contributed by atoms with Crippen LogP contribution in [-0.2, 0) is 0 Å². The largest absolute Gasteiger partial charge is 0.399 e. The van der Waals surface area contributed by atoms with Crippen LogP contribution in [0, 0.1) is 11.6 Å². The highest BCUT2D eigenvalue weighted by Gasteiger charge is 2.18. The Balaban J connectivity index is 2.07. The quantitative estimate of drug-likeness (QED) is 0.728. The number of nitrogens with two attached hydrogens (primary N) is 1. The molecule has 0 unspecified atom stereocenters. The molecule has 1 aromatic heterocycles. The van der Waals surface area contributed by atoms with Crippen molar-refractivity contribution < 1.29 is 13.3 Å². The molecule has 100 valence electrons. The van der Waals surface area contributed by atoms with Crippen LogP contribution in [0.1, 0.15) is 0 Å². The molecule has 2 aromatic carbocycles. The molecule has 3 rings (SSSR count). The summed E-state index contributed by atoms with van der Waals surface area (Å²) in [6.45, 7) is 0. The average Bonchev–Trinajstić information content (AvgIpc) is 2.88. The van der Waals surface area contributed by atoms with E-state index in [1.807, 2.05) is 0 Å². The molecule has 0 radical (unpaired) electrons. The topological polar surface area (TPSA) is 64.9 Å². The van der Waals surface area contributed by atoms with Gasteiger partial charge < -0.3 is 10.3 Å². The maximum atomic E-state index is 13.6. The van der Waals surface area contributed by atoms with Gasteiger partial charge in [0.15, 0.2) is 0 Å². The predicted molar refractivity (Wildman–Crippen MR) is 69.5 cm³/mol. The van der Waals surface area contributed by atoms with Gasteiger partial charge in [-0.1, -0.05) is 17.3 Å². The van der Waals surface area contributed by atoms with E-state index in [-0.39, 0.29) is 17.3 Å². The molecule has 20 heavy (non-hydrogen) atoms. The molecule has 0 aliphatic rings. The summed E-state index contributed by atoms with van der Waals surface area (Å²) >= 11 is 0. The highest BCUT2D eigenvalue weighted by atomic mass is 19.1. The Bertz CT molecular complexity index is 750. The standard InChI is InChI=1S/C14H9F2N3O/c15-10-5-2-6-11(16)12(10)13-18-14(20-19-13)8-3-1-4-9(17)7-8/h1-7H,17H2. The van der Waals surface area contributed by atoms with Gasteiger partial charge in [-0.3, -0.25) is 0 Å². The van der Waals surface area contributed by atoms with Crippen LogP contribution in [0.2, 0.25) is 0 Å². The lowest BCUT2D eigenvalue weighted by Crippen LogP contribution is -1.91. The molecule has 6 heteroatoms. The van der Waals surface area contributed by atoms with Gasteiger partial charge in [0, 0.05) is 11.3 Å². The van der Waals surface area contributed by atoms with Gasteiger partial charge in [-0.05, 0) is 30.3 Å². The first kappa shape index (κ1) is 12.3. The fourth-order valence-corrected chi connectivity index (χ4v) is 1.83. The van der Waals surface area contributed by atoms with Crippen molar-refractivity contribution >= 4 is 5.69 Å². The number of benzene rings is 2. The number of nitrogens with zero attached hydrogens (tertiary/aromatic N) is 2. The maximum absolute atomic E-state index is 13.6. The molecule has 3 aromatic rings. The summed E-state index contributed by atoms with van der Waals surface area (Å²) in [5.74, 6) is -1.48. The van der Waals surface area contributed by atoms with E-state index in [1.165, 1.54) is 6.07 Å². The maximum Gasteiger partial charge on any atom is 0.258 e. The Morgan fingerprint density at radius 3 is 2.40 bits per heavy atom. The highest BCUT2D eigenvalue weighted by Crippen LogP contribution is 2.26. The molecule has 0 amide bonds. The first-order chi connectivity index (χ1) is 9.65. The van der Waals surface area contributed by atoms with E-state index >= 15 is 0 Å². The molecule has 0 bridgehead atoms. The van der Waals surface area contributed by atoms with Crippen molar-refractivity contribution in [2.75, 3.05) is 5.73 Å². The summed E-state index contributed by atoms with van der Waals surface area (Å²) in [5, 5.41) is 3.61. The molecule has 4 nitrogen and oxygen atoms in total. The van der Waals surface area contributed by atoms with Crippen LogP contribution >= 0.6 is 0 Å². The van der Waals surface area contributed by atoms with E-state index in [0.717, 1.165) is 12.1 Å². The summed E-state index contributed by atoms with van der Waals surface area (Å²) < 4.78 is 32.3. The molecular weight excluding hydrogens is 264 g/mol. The molecule has 0 aliphatic carbocycles. The number of anilines is 1. The van der Waals surface area contributed by atoms with Gasteiger partial charge >= 0.3 is 0 Å². The van der Waals surface area contributed by atoms with Gasteiger partial charge in [0.25, 0.3) is 5.89 Å². The van der Waals surface area contributed by atoms with Gasteiger partial charge in [-0.15, -0.1) is 0 Å². The fourth-order valence-electron chi connectivity index (χ4n) is 1.83. The summed E-state index contributed by atoms with van der Waals surface area (Å²) in [7, 11) is 0. The van der Waals surface area contributed by atoms with Crippen LogP contribution in [0.4, 0.5) is 14.5 Å². The monoisotopic (exact) mass is 273 g/mol. The van der Waals surface area contributed by atoms with Crippen LogP contribution in [0.3, 0.4) is 0 Å². The molecule has 0 spiro atoms. The SMILES string of the molecule is Nc1cccc(-c2nc(-c3c(F)cccc3F)no2)c1. The molecule has 2 N–H and O–H groups in total. The van der Waals surface area contributed by atoms with Crippen molar-refractivity contribution in [3.8, 4) is 22.8 Å². The van der Waals surface area contributed by atoms with E-state index in [4.69, 9.17) is 10.3 Å². The number of hydrogen-bond donors (Lipinski definition) is 1. The Hall–Kier alpha value is -2.76. The van der Waals surface area contributed by atoms with Crippen LogP contribution < -0.4 is 5.73 Å². The zero-order valence-corrected chi connectivity index (χ0v) is 10.2. The van der Waals surface area contributed by atoms with Gasteiger partial charge in [0.05, 0.1) is 5.56 Å². The molecule has 0 fully saturated rings. The lowest BCUT2D eigenvalue weighted by Gasteiger charge is -1.98. The minimum atomic E-state index is -0.745. The fraction of sp³-hybridized carbons (Fsp3) is 0. The van der Waals surface area contributed by atoms with Crippen LogP contribution in [0.25, 0.3) is 22.8 Å². The molecule has 1 heterocycles. The zero-order valence-electron chi connectivity index (χ0n) is 10.2. The summed E-state index contributed by atoms with van der Waals surface area (Å²) in [5.41, 5.74) is 6.45. The van der Waals surface area contributed by atoms with E-state index in [0.29, 0.717) is 11.3 Å². The third kappa shape index (κ3) is 2.11.